The van der Waals surface area contributed by atoms with E-state index in [9.17, 15) is 4.79 Å². The van der Waals surface area contributed by atoms with Crippen LogP contribution in [-0.4, -0.2) is 60.1 Å². The van der Waals surface area contributed by atoms with Gasteiger partial charge in [-0.05, 0) is 75.3 Å². The fourth-order valence-corrected chi connectivity index (χ4v) is 4.94. The number of benzene rings is 1. The summed E-state index contributed by atoms with van der Waals surface area (Å²) in [6.45, 7) is 8.79. The molecule has 0 unspecified atom stereocenters. The third-order valence-corrected chi connectivity index (χ3v) is 7.02. The standard InChI is InChI=1S/C25H34ClN5O2/c1-17-10-22(11-18(2)23(17)24(32)31-15-20(12-27)16-31)33-9-3-4-19-5-7-30(8-6-19)25-28-13-21(26)14-29-25/h10-11,13-14,19-20H,3-9,12,15-16,27H2,1-2H3. The van der Waals surface area contributed by atoms with Crippen LogP contribution in [0.3, 0.4) is 0 Å². The summed E-state index contributed by atoms with van der Waals surface area (Å²) in [6.07, 6.45) is 7.77. The summed E-state index contributed by atoms with van der Waals surface area (Å²) in [6, 6.07) is 3.98. The van der Waals surface area contributed by atoms with Gasteiger partial charge in [-0.1, -0.05) is 11.6 Å². The quantitative estimate of drug-likeness (QED) is 0.588. The van der Waals surface area contributed by atoms with E-state index >= 15 is 0 Å². The largest absolute Gasteiger partial charge is 0.494 e. The summed E-state index contributed by atoms with van der Waals surface area (Å²) in [5.74, 6) is 2.86. The van der Waals surface area contributed by atoms with E-state index in [0.29, 0.717) is 30.0 Å². The van der Waals surface area contributed by atoms with Gasteiger partial charge in [-0.25, -0.2) is 9.97 Å². The molecule has 178 valence electrons. The number of carbonyl (C=O) groups excluding carboxylic acids is 1. The number of aryl methyl sites for hydroxylation is 2. The van der Waals surface area contributed by atoms with Crippen molar-refractivity contribution in [2.45, 2.75) is 39.5 Å². The topological polar surface area (TPSA) is 84.6 Å². The van der Waals surface area contributed by atoms with Crippen LogP contribution >= 0.6 is 11.6 Å². The summed E-state index contributed by atoms with van der Waals surface area (Å²) < 4.78 is 6.05. The van der Waals surface area contributed by atoms with Gasteiger partial charge in [-0.15, -0.1) is 0 Å². The van der Waals surface area contributed by atoms with Gasteiger partial charge in [-0.2, -0.15) is 0 Å². The van der Waals surface area contributed by atoms with E-state index in [1.54, 1.807) is 12.4 Å². The molecule has 1 aromatic heterocycles. The smallest absolute Gasteiger partial charge is 0.254 e. The lowest BCUT2D eigenvalue weighted by Gasteiger charge is -2.39. The highest BCUT2D eigenvalue weighted by atomic mass is 35.5. The lowest BCUT2D eigenvalue weighted by molar-refractivity contribution is 0.0514. The Labute approximate surface area is 201 Å². The molecule has 33 heavy (non-hydrogen) atoms. The third kappa shape index (κ3) is 5.76. The number of hydrogen-bond acceptors (Lipinski definition) is 6. The van der Waals surface area contributed by atoms with E-state index in [0.717, 1.165) is 80.3 Å². The number of nitrogens with two attached hydrogens (primary N) is 1. The summed E-state index contributed by atoms with van der Waals surface area (Å²) in [5.41, 5.74) is 8.44. The van der Waals surface area contributed by atoms with Crippen LogP contribution in [0.15, 0.2) is 24.5 Å². The highest BCUT2D eigenvalue weighted by Crippen LogP contribution is 2.27. The molecule has 2 fully saturated rings. The minimum atomic E-state index is 0.108. The zero-order chi connectivity index (χ0) is 23.4. The van der Waals surface area contributed by atoms with Crippen molar-refractivity contribution in [3.05, 3.63) is 46.2 Å². The molecule has 0 saturated carbocycles. The van der Waals surface area contributed by atoms with E-state index in [2.05, 4.69) is 14.9 Å². The average Bonchev–Trinajstić information content (AvgIpc) is 2.77. The Morgan fingerprint density at radius 1 is 1.12 bits per heavy atom. The SMILES string of the molecule is Cc1cc(OCCCC2CCN(c3ncc(Cl)cn3)CC2)cc(C)c1C(=O)N1CC(CN)C1. The van der Waals surface area contributed by atoms with Gasteiger partial charge in [0.25, 0.3) is 5.91 Å². The summed E-state index contributed by atoms with van der Waals surface area (Å²) in [7, 11) is 0. The number of nitrogens with zero attached hydrogens (tertiary/aromatic N) is 4. The molecule has 0 spiro atoms. The number of carbonyl (C=O) groups is 1. The predicted octanol–water partition coefficient (Wildman–Crippen LogP) is 3.85. The molecular formula is C25H34ClN5O2. The predicted molar refractivity (Wildman–Crippen MR) is 131 cm³/mol. The van der Waals surface area contributed by atoms with Gasteiger partial charge in [0.2, 0.25) is 5.95 Å². The third-order valence-electron chi connectivity index (χ3n) is 6.83. The fraction of sp³-hybridized carbons (Fsp3) is 0.560. The Bertz CT molecular complexity index is 931. The maximum Gasteiger partial charge on any atom is 0.254 e. The van der Waals surface area contributed by atoms with Crippen LogP contribution in [0.25, 0.3) is 0 Å². The lowest BCUT2D eigenvalue weighted by Crippen LogP contribution is -2.52. The molecule has 2 saturated heterocycles. The molecule has 7 nitrogen and oxygen atoms in total. The lowest BCUT2D eigenvalue weighted by atomic mass is 9.92. The summed E-state index contributed by atoms with van der Waals surface area (Å²) >= 11 is 5.88. The fourth-order valence-electron chi connectivity index (χ4n) is 4.84. The average molecular weight is 472 g/mol. The number of hydrogen-bond donors (Lipinski definition) is 1. The van der Waals surface area contributed by atoms with E-state index in [-0.39, 0.29) is 5.91 Å². The first-order valence-corrected chi connectivity index (χ1v) is 12.3. The van der Waals surface area contributed by atoms with Crippen LogP contribution < -0.4 is 15.4 Å². The summed E-state index contributed by atoms with van der Waals surface area (Å²) in [4.78, 5) is 25.6. The number of aromatic nitrogens is 2. The molecule has 2 aliphatic rings. The molecular weight excluding hydrogens is 438 g/mol. The summed E-state index contributed by atoms with van der Waals surface area (Å²) in [5, 5.41) is 0.567. The number of halogens is 1. The van der Waals surface area contributed by atoms with Crippen LogP contribution in [0.5, 0.6) is 5.75 Å². The first-order chi connectivity index (χ1) is 15.9. The molecule has 0 radical (unpaired) electrons. The minimum Gasteiger partial charge on any atom is -0.494 e. The second-order valence-corrected chi connectivity index (χ2v) is 9.80. The van der Waals surface area contributed by atoms with Crippen LogP contribution in [-0.2, 0) is 0 Å². The van der Waals surface area contributed by atoms with E-state index < -0.39 is 0 Å². The van der Waals surface area contributed by atoms with Gasteiger partial charge in [0.15, 0.2) is 0 Å². The molecule has 2 N–H and O–H groups in total. The molecule has 0 aliphatic carbocycles. The molecule has 4 rings (SSSR count). The number of anilines is 1. The van der Waals surface area contributed by atoms with Crippen molar-refractivity contribution < 1.29 is 9.53 Å². The number of amides is 1. The second-order valence-electron chi connectivity index (χ2n) is 9.37. The molecule has 1 amide bonds. The van der Waals surface area contributed by atoms with Gasteiger partial charge < -0.3 is 20.3 Å². The van der Waals surface area contributed by atoms with E-state index in [1.165, 1.54) is 0 Å². The number of rotatable bonds is 8. The molecule has 1 aromatic carbocycles. The van der Waals surface area contributed by atoms with Crippen LogP contribution in [0, 0.1) is 25.7 Å². The first kappa shape index (κ1) is 23.8. The zero-order valence-electron chi connectivity index (χ0n) is 19.6. The zero-order valence-corrected chi connectivity index (χ0v) is 20.4. The van der Waals surface area contributed by atoms with Crippen molar-refractivity contribution >= 4 is 23.5 Å². The second kappa shape index (κ2) is 10.7. The van der Waals surface area contributed by atoms with Crippen molar-refractivity contribution in [1.82, 2.24) is 14.9 Å². The van der Waals surface area contributed by atoms with Gasteiger partial charge in [0.05, 0.1) is 24.0 Å². The molecule has 2 aliphatic heterocycles. The van der Waals surface area contributed by atoms with Crippen molar-refractivity contribution in [2.24, 2.45) is 17.6 Å². The maximum absolute atomic E-state index is 12.8. The Morgan fingerprint density at radius 2 is 1.76 bits per heavy atom. The van der Waals surface area contributed by atoms with E-state index in [4.69, 9.17) is 22.1 Å². The Hall–Kier alpha value is -2.38. The van der Waals surface area contributed by atoms with Gasteiger partial charge in [0, 0.05) is 37.7 Å². The van der Waals surface area contributed by atoms with Gasteiger partial charge in [-0.3, -0.25) is 4.79 Å². The molecule has 0 atom stereocenters. The first-order valence-electron chi connectivity index (χ1n) is 11.9. The number of likely N-dealkylation sites (tertiary alicyclic amines) is 1. The van der Waals surface area contributed by atoms with Crippen LogP contribution in [0.2, 0.25) is 5.02 Å². The number of ether oxygens (including phenoxy) is 1. The van der Waals surface area contributed by atoms with Crippen molar-refractivity contribution in [2.75, 3.05) is 44.2 Å². The normalized spacial score (nSPS) is 17.2. The maximum atomic E-state index is 12.8. The monoisotopic (exact) mass is 471 g/mol. The van der Waals surface area contributed by atoms with Crippen LogP contribution in [0.4, 0.5) is 5.95 Å². The highest BCUT2D eigenvalue weighted by molar-refractivity contribution is 6.30. The van der Waals surface area contributed by atoms with E-state index in [1.807, 2.05) is 30.9 Å². The van der Waals surface area contributed by atoms with Crippen LogP contribution in [0.1, 0.15) is 47.2 Å². The van der Waals surface area contributed by atoms with Crippen molar-refractivity contribution in [3.8, 4) is 5.75 Å². The Balaban J connectivity index is 1.20. The minimum absolute atomic E-state index is 0.108. The van der Waals surface area contributed by atoms with Crippen molar-refractivity contribution in [1.29, 1.82) is 0 Å². The molecule has 3 heterocycles. The molecule has 2 aromatic rings. The van der Waals surface area contributed by atoms with Crippen molar-refractivity contribution in [3.63, 3.8) is 0 Å². The molecule has 8 heteroatoms. The Morgan fingerprint density at radius 3 is 2.36 bits per heavy atom. The van der Waals surface area contributed by atoms with Gasteiger partial charge >= 0.3 is 0 Å². The Kier molecular flexibility index (Phi) is 7.71. The highest BCUT2D eigenvalue weighted by Gasteiger charge is 2.31. The van der Waals surface area contributed by atoms with Gasteiger partial charge in [0.1, 0.15) is 5.75 Å². The number of piperidine rings is 1. The molecule has 0 bridgehead atoms.